The number of imidazole rings is 1. The van der Waals surface area contributed by atoms with E-state index in [1.165, 1.54) is 0 Å². The van der Waals surface area contributed by atoms with Gasteiger partial charge in [0.05, 0.1) is 11.7 Å². The predicted octanol–water partition coefficient (Wildman–Crippen LogP) is 2.02. The van der Waals surface area contributed by atoms with Gasteiger partial charge in [-0.2, -0.15) is 0 Å². The lowest BCUT2D eigenvalue weighted by atomic mass is 9.79. The van der Waals surface area contributed by atoms with E-state index in [-0.39, 0.29) is 5.41 Å². The first-order chi connectivity index (χ1) is 9.68. The Morgan fingerprint density at radius 3 is 2.80 bits per heavy atom. The van der Waals surface area contributed by atoms with Crippen LogP contribution in [0.25, 0.3) is 11.0 Å². The van der Waals surface area contributed by atoms with Crippen molar-refractivity contribution in [3.63, 3.8) is 0 Å². The molecular formula is C15H22N4O. The van der Waals surface area contributed by atoms with Crippen LogP contribution in [-0.2, 0) is 10.2 Å². The third-order valence-corrected chi connectivity index (χ3v) is 4.32. The molecule has 0 aliphatic carbocycles. The average molecular weight is 274 g/mol. The molecule has 20 heavy (non-hydrogen) atoms. The van der Waals surface area contributed by atoms with E-state index >= 15 is 0 Å². The molecule has 0 amide bonds. The number of fused-ring (bicyclic) bond motifs is 1. The highest BCUT2D eigenvalue weighted by Crippen LogP contribution is 2.36. The molecule has 0 spiro atoms. The topological polar surface area (TPSA) is 66.0 Å². The zero-order valence-corrected chi connectivity index (χ0v) is 12.2. The second-order valence-electron chi connectivity index (χ2n) is 5.86. The molecule has 1 aliphatic rings. The van der Waals surface area contributed by atoms with E-state index in [1.54, 1.807) is 0 Å². The van der Waals surface area contributed by atoms with Crippen molar-refractivity contribution < 1.29 is 4.74 Å². The third-order valence-electron chi connectivity index (χ3n) is 4.32. The molecule has 2 aromatic rings. The number of rotatable bonds is 3. The summed E-state index contributed by atoms with van der Waals surface area (Å²) in [7, 11) is 0. The Hall–Kier alpha value is -1.46. The number of pyridine rings is 1. The van der Waals surface area contributed by atoms with Gasteiger partial charge < -0.3 is 15.0 Å². The zero-order valence-electron chi connectivity index (χ0n) is 12.2. The van der Waals surface area contributed by atoms with Gasteiger partial charge in [-0.25, -0.2) is 4.98 Å². The van der Waals surface area contributed by atoms with Gasteiger partial charge in [0.25, 0.3) is 0 Å². The first-order valence-corrected chi connectivity index (χ1v) is 7.28. The van der Waals surface area contributed by atoms with Crippen molar-refractivity contribution in [1.29, 1.82) is 0 Å². The molecule has 5 heteroatoms. The first kappa shape index (κ1) is 13.5. The summed E-state index contributed by atoms with van der Waals surface area (Å²) in [5.74, 6) is 1.10. The number of ether oxygens (including phenoxy) is 1. The smallest absolute Gasteiger partial charge is 0.117 e. The highest BCUT2D eigenvalue weighted by molar-refractivity contribution is 5.75. The fourth-order valence-corrected chi connectivity index (χ4v) is 3.13. The van der Waals surface area contributed by atoms with E-state index in [0.29, 0.717) is 12.6 Å². The molecule has 1 aliphatic heterocycles. The fraction of sp³-hybridized carbons (Fsp3) is 0.600. The lowest BCUT2D eigenvalue weighted by molar-refractivity contribution is 0.0485. The summed E-state index contributed by atoms with van der Waals surface area (Å²) >= 11 is 0. The summed E-state index contributed by atoms with van der Waals surface area (Å²) in [5.41, 5.74) is 8.17. The molecule has 1 saturated heterocycles. The maximum absolute atomic E-state index is 6.14. The summed E-state index contributed by atoms with van der Waals surface area (Å²) in [6, 6.07) is 2.39. The summed E-state index contributed by atoms with van der Waals surface area (Å²) in [4.78, 5) is 9.05. The van der Waals surface area contributed by atoms with Crippen LogP contribution in [0.2, 0.25) is 0 Å². The van der Waals surface area contributed by atoms with Gasteiger partial charge in [-0.05, 0) is 32.8 Å². The van der Waals surface area contributed by atoms with E-state index in [1.807, 2.05) is 18.5 Å². The Labute approximate surface area is 119 Å². The highest BCUT2D eigenvalue weighted by Gasteiger charge is 2.38. The number of nitrogens with two attached hydrogens (primary N) is 1. The molecule has 0 bridgehead atoms. The molecule has 0 unspecified atom stereocenters. The average Bonchev–Trinajstić information content (AvgIpc) is 2.88. The Bertz CT molecular complexity index is 599. The Morgan fingerprint density at radius 1 is 1.40 bits per heavy atom. The Morgan fingerprint density at radius 2 is 2.15 bits per heavy atom. The Kier molecular flexibility index (Phi) is 3.48. The minimum atomic E-state index is -0.0679. The SMILES string of the molecule is CC(C)n1c(C2(CN)CCOCC2)nc2cnccc21. The van der Waals surface area contributed by atoms with Gasteiger partial charge in [0.2, 0.25) is 0 Å². The van der Waals surface area contributed by atoms with Crippen LogP contribution in [0, 0.1) is 0 Å². The number of hydrogen-bond donors (Lipinski definition) is 1. The molecule has 1 fully saturated rings. The molecule has 0 aromatic carbocycles. The highest BCUT2D eigenvalue weighted by atomic mass is 16.5. The fourth-order valence-electron chi connectivity index (χ4n) is 3.13. The predicted molar refractivity (Wildman–Crippen MR) is 78.7 cm³/mol. The monoisotopic (exact) mass is 274 g/mol. The van der Waals surface area contributed by atoms with E-state index in [2.05, 4.69) is 23.4 Å². The van der Waals surface area contributed by atoms with Crippen LogP contribution in [-0.4, -0.2) is 34.3 Å². The molecule has 5 nitrogen and oxygen atoms in total. The number of nitrogens with zero attached hydrogens (tertiary/aromatic N) is 3. The normalized spacial score (nSPS) is 18.8. The van der Waals surface area contributed by atoms with Crippen molar-refractivity contribution in [3.8, 4) is 0 Å². The van der Waals surface area contributed by atoms with Gasteiger partial charge >= 0.3 is 0 Å². The molecule has 3 rings (SSSR count). The number of hydrogen-bond acceptors (Lipinski definition) is 4. The molecule has 2 N–H and O–H groups in total. The van der Waals surface area contributed by atoms with Crippen LogP contribution in [0.4, 0.5) is 0 Å². The van der Waals surface area contributed by atoms with E-state index in [9.17, 15) is 0 Å². The van der Waals surface area contributed by atoms with Gasteiger partial charge in [0.1, 0.15) is 11.3 Å². The van der Waals surface area contributed by atoms with Crippen molar-refractivity contribution in [2.75, 3.05) is 19.8 Å². The molecular weight excluding hydrogens is 252 g/mol. The van der Waals surface area contributed by atoms with Crippen molar-refractivity contribution in [2.24, 2.45) is 5.73 Å². The molecule has 108 valence electrons. The van der Waals surface area contributed by atoms with Gasteiger partial charge in [-0.15, -0.1) is 0 Å². The number of aromatic nitrogens is 3. The van der Waals surface area contributed by atoms with Crippen LogP contribution in [0.5, 0.6) is 0 Å². The lowest BCUT2D eigenvalue weighted by Crippen LogP contribution is -2.43. The van der Waals surface area contributed by atoms with Gasteiger partial charge in [0, 0.05) is 37.4 Å². The van der Waals surface area contributed by atoms with Crippen molar-refractivity contribution >= 4 is 11.0 Å². The molecule has 0 atom stereocenters. The van der Waals surface area contributed by atoms with Crippen LogP contribution in [0.3, 0.4) is 0 Å². The second kappa shape index (κ2) is 5.14. The zero-order chi connectivity index (χ0) is 14.2. The minimum Gasteiger partial charge on any atom is -0.381 e. The largest absolute Gasteiger partial charge is 0.381 e. The van der Waals surface area contributed by atoms with Crippen LogP contribution in [0.15, 0.2) is 18.5 Å². The summed E-state index contributed by atoms with van der Waals surface area (Å²) in [6.07, 6.45) is 5.53. The lowest BCUT2D eigenvalue weighted by Gasteiger charge is -2.36. The Balaban J connectivity index is 2.21. The van der Waals surface area contributed by atoms with Crippen molar-refractivity contribution in [2.45, 2.75) is 38.1 Å². The maximum atomic E-state index is 6.14. The summed E-state index contributed by atoms with van der Waals surface area (Å²) < 4.78 is 7.83. The second-order valence-corrected chi connectivity index (χ2v) is 5.86. The van der Waals surface area contributed by atoms with Crippen LogP contribution >= 0.6 is 0 Å². The van der Waals surface area contributed by atoms with Crippen molar-refractivity contribution in [3.05, 3.63) is 24.3 Å². The molecule has 3 heterocycles. The third kappa shape index (κ3) is 2.01. The van der Waals surface area contributed by atoms with Crippen molar-refractivity contribution in [1.82, 2.24) is 14.5 Å². The van der Waals surface area contributed by atoms with Crippen LogP contribution < -0.4 is 5.73 Å². The summed E-state index contributed by atoms with van der Waals surface area (Å²) in [6.45, 7) is 6.51. The van der Waals surface area contributed by atoms with Gasteiger partial charge in [-0.3, -0.25) is 4.98 Å². The standard InChI is InChI=1S/C15H22N4O/c1-11(2)19-13-3-6-17-9-12(13)18-14(19)15(10-16)4-7-20-8-5-15/h3,6,9,11H,4-5,7-8,10,16H2,1-2H3. The molecule has 0 saturated carbocycles. The first-order valence-electron chi connectivity index (χ1n) is 7.28. The van der Waals surface area contributed by atoms with E-state index in [0.717, 1.165) is 42.9 Å². The summed E-state index contributed by atoms with van der Waals surface area (Å²) in [5, 5.41) is 0. The van der Waals surface area contributed by atoms with Gasteiger partial charge in [0.15, 0.2) is 0 Å². The van der Waals surface area contributed by atoms with Crippen LogP contribution in [0.1, 0.15) is 38.6 Å². The van der Waals surface area contributed by atoms with E-state index in [4.69, 9.17) is 15.5 Å². The molecule has 2 aromatic heterocycles. The van der Waals surface area contributed by atoms with Gasteiger partial charge in [-0.1, -0.05) is 0 Å². The van der Waals surface area contributed by atoms with E-state index < -0.39 is 0 Å². The molecule has 0 radical (unpaired) electrons. The quantitative estimate of drug-likeness (QED) is 0.930. The maximum Gasteiger partial charge on any atom is 0.117 e. The minimum absolute atomic E-state index is 0.0679.